The van der Waals surface area contributed by atoms with Crippen LogP contribution in [0.1, 0.15) is 16.8 Å². The van der Waals surface area contributed by atoms with Crippen molar-refractivity contribution in [3.05, 3.63) is 29.8 Å². The van der Waals surface area contributed by atoms with E-state index < -0.39 is 41.0 Å². The van der Waals surface area contributed by atoms with E-state index in [1.165, 1.54) is 24.3 Å². The second-order valence-corrected chi connectivity index (χ2v) is 7.35. The Bertz CT molecular complexity index is 722. The quantitative estimate of drug-likeness (QED) is 0.749. The second kappa shape index (κ2) is 7.56. The number of halogens is 2. The molecule has 7 nitrogen and oxygen atoms in total. The number of alkyl halides is 2. The van der Waals surface area contributed by atoms with Crippen LogP contribution in [0, 0.1) is 0 Å². The van der Waals surface area contributed by atoms with Gasteiger partial charge in [0.15, 0.2) is 16.4 Å². The molecule has 0 saturated carbocycles. The first-order chi connectivity index (χ1) is 11.3. The minimum Gasteiger partial charge on any atom is -0.452 e. The summed E-state index contributed by atoms with van der Waals surface area (Å²) < 4.78 is 56.1. The predicted octanol–water partition coefficient (Wildman–Crippen LogP) is 0.748. The molecule has 1 atom stereocenters. The number of sulfone groups is 1. The summed E-state index contributed by atoms with van der Waals surface area (Å²) in [6, 6.07) is 4.71. The van der Waals surface area contributed by atoms with Crippen molar-refractivity contribution in [2.24, 2.45) is 0 Å². The monoisotopic (exact) mass is 363 g/mol. The third-order valence-electron chi connectivity index (χ3n) is 3.25. The number of carbonyl (C=O) groups is 2. The number of nitrogens with one attached hydrogen (secondary N) is 1. The van der Waals surface area contributed by atoms with Crippen LogP contribution in [-0.4, -0.2) is 51.1 Å². The maximum Gasteiger partial charge on any atom is 0.387 e. The van der Waals surface area contributed by atoms with E-state index in [9.17, 15) is 26.8 Å². The molecule has 132 valence electrons. The van der Waals surface area contributed by atoms with Crippen LogP contribution in [-0.2, 0) is 19.4 Å². The Morgan fingerprint density at radius 1 is 1.29 bits per heavy atom. The lowest BCUT2D eigenvalue weighted by atomic mass is 10.2. The van der Waals surface area contributed by atoms with Crippen LogP contribution in [0.15, 0.2) is 24.3 Å². The highest BCUT2D eigenvalue weighted by atomic mass is 32.2. The third kappa shape index (κ3) is 5.15. The minimum absolute atomic E-state index is 0.00389. The lowest BCUT2D eigenvalue weighted by Crippen LogP contribution is -2.38. The Kier molecular flexibility index (Phi) is 5.71. The maximum absolute atomic E-state index is 12.3. The van der Waals surface area contributed by atoms with Crippen LogP contribution in [0.3, 0.4) is 0 Å². The molecule has 2 rings (SSSR count). The van der Waals surface area contributed by atoms with Crippen LogP contribution < -0.4 is 10.1 Å². The van der Waals surface area contributed by atoms with Gasteiger partial charge in [0, 0.05) is 6.04 Å². The molecule has 24 heavy (non-hydrogen) atoms. The van der Waals surface area contributed by atoms with Gasteiger partial charge in [0.1, 0.15) is 11.3 Å². The van der Waals surface area contributed by atoms with Crippen molar-refractivity contribution in [3.8, 4) is 5.75 Å². The molecule has 0 unspecified atom stereocenters. The zero-order chi connectivity index (χ0) is 17.7. The average Bonchev–Trinajstić information content (AvgIpc) is 2.83. The van der Waals surface area contributed by atoms with Gasteiger partial charge >= 0.3 is 12.6 Å². The number of para-hydroxylation sites is 1. The van der Waals surface area contributed by atoms with E-state index in [1.54, 1.807) is 0 Å². The highest BCUT2D eigenvalue weighted by molar-refractivity contribution is 7.91. The topological polar surface area (TPSA) is 98.8 Å². The van der Waals surface area contributed by atoms with E-state index in [2.05, 4.69) is 10.1 Å². The first-order valence-corrected chi connectivity index (χ1v) is 8.80. The van der Waals surface area contributed by atoms with Gasteiger partial charge in [-0.3, -0.25) is 4.79 Å². The van der Waals surface area contributed by atoms with Gasteiger partial charge in [-0.1, -0.05) is 12.1 Å². The summed E-state index contributed by atoms with van der Waals surface area (Å²) in [5, 5.41) is 2.44. The standard InChI is InChI=1S/C14H15F2NO6S/c15-14(16)23-11-4-2-1-3-10(11)13(19)22-7-12(18)17-9-5-6-24(20,21)8-9/h1-4,9,14H,5-8H2,(H,17,18)/t9-/m0/s1. The number of esters is 1. The van der Waals surface area contributed by atoms with E-state index in [4.69, 9.17) is 4.74 Å². The first kappa shape index (κ1) is 18.1. The third-order valence-corrected chi connectivity index (χ3v) is 5.02. The lowest BCUT2D eigenvalue weighted by molar-refractivity contribution is -0.124. The molecule has 0 aliphatic carbocycles. The molecule has 10 heteroatoms. The fraction of sp³-hybridized carbons (Fsp3) is 0.429. The number of carbonyl (C=O) groups excluding carboxylic acids is 2. The molecule has 1 aliphatic rings. The largest absolute Gasteiger partial charge is 0.452 e. The fourth-order valence-electron chi connectivity index (χ4n) is 2.22. The highest BCUT2D eigenvalue weighted by Gasteiger charge is 2.29. The summed E-state index contributed by atoms with van der Waals surface area (Å²) >= 11 is 0. The van der Waals surface area contributed by atoms with Gasteiger partial charge in [-0.15, -0.1) is 0 Å². The van der Waals surface area contributed by atoms with Crippen molar-refractivity contribution in [1.29, 1.82) is 0 Å². The summed E-state index contributed by atoms with van der Waals surface area (Å²) in [6.07, 6.45) is 0.299. The molecular weight excluding hydrogens is 348 g/mol. The van der Waals surface area contributed by atoms with Gasteiger partial charge in [0.25, 0.3) is 5.91 Å². The SMILES string of the molecule is O=C(COC(=O)c1ccccc1OC(F)F)N[C@H]1CCS(=O)(=O)C1. The van der Waals surface area contributed by atoms with Gasteiger partial charge < -0.3 is 14.8 Å². The Balaban J connectivity index is 1.88. The van der Waals surface area contributed by atoms with Gasteiger partial charge in [-0.25, -0.2) is 13.2 Å². The van der Waals surface area contributed by atoms with E-state index >= 15 is 0 Å². The van der Waals surface area contributed by atoms with Crippen molar-refractivity contribution in [1.82, 2.24) is 5.32 Å². The number of benzene rings is 1. The molecule has 1 fully saturated rings. The van der Waals surface area contributed by atoms with E-state index in [0.717, 1.165) is 0 Å². The Hall–Kier alpha value is -2.23. The van der Waals surface area contributed by atoms with E-state index in [1.807, 2.05) is 0 Å². The minimum atomic E-state index is -3.14. The van der Waals surface area contributed by atoms with Crippen molar-refractivity contribution in [3.63, 3.8) is 0 Å². The zero-order valence-corrected chi connectivity index (χ0v) is 13.2. The van der Waals surface area contributed by atoms with Crippen molar-refractivity contribution in [2.75, 3.05) is 18.1 Å². The molecule has 1 saturated heterocycles. The molecule has 0 aromatic heterocycles. The highest BCUT2D eigenvalue weighted by Crippen LogP contribution is 2.21. The summed E-state index contributed by atoms with van der Waals surface area (Å²) in [4.78, 5) is 23.5. The predicted molar refractivity (Wildman–Crippen MR) is 78.6 cm³/mol. The van der Waals surface area contributed by atoms with E-state index in [-0.39, 0.29) is 22.8 Å². The zero-order valence-electron chi connectivity index (χ0n) is 12.4. The lowest BCUT2D eigenvalue weighted by Gasteiger charge is -2.12. The Morgan fingerprint density at radius 2 is 2.00 bits per heavy atom. The molecule has 1 amide bonds. The molecule has 1 aromatic rings. The Morgan fingerprint density at radius 3 is 2.62 bits per heavy atom. The molecule has 0 radical (unpaired) electrons. The summed E-state index contributed by atoms with van der Waals surface area (Å²) in [5.41, 5.74) is -0.242. The van der Waals surface area contributed by atoms with Crippen LogP contribution in [0.2, 0.25) is 0 Å². The van der Waals surface area contributed by atoms with Gasteiger partial charge in [-0.05, 0) is 18.6 Å². The van der Waals surface area contributed by atoms with Crippen LogP contribution in [0.4, 0.5) is 8.78 Å². The molecule has 1 heterocycles. The average molecular weight is 363 g/mol. The molecule has 0 bridgehead atoms. The molecule has 1 N–H and O–H groups in total. The number of ether oxygens (including phenoxy) is 2. The van der Waals surface area contributed by atoms with Crippen molar-refractivity contribution >= 4 is 21.7 Å². The Labute approximate surface area is 136 Å². The smallest absolute Gasteiger partial charge is 0.387 e. The molecular formula is C14H15F2NO6S. The van der Waals surface area contributed by atoms with Crippen LogP contribution in [0.25, 0.3) is 0 Å². The van der Waals surface area contributed by atoms with Gasteiger partial charge in [0.05, 0.1) is 11.5 Å². The number of rotatable bonds is 6. The number of amides is 1. The van der Waals surface area contributed by atoms with Crippen molar-refractivity contribution in [2.45, 2.75) is 19.1 Å². The summed E-state index contributed by atoms with van der Waals surface area (Å²) in [5.74, 6) is -2.19. The molecule has 1 aromatic carbocycles. The maximum atomic E-state index is 12.3. The van der Waals surface area contributed by atoms with E-state index in [0.29, 0.717) is 6.42 Å². The first-order valence-electron chi connectivity index (χ1n) is 6.97. The van der Waals surface area contributed by atoms with Gasteiger partial charge in [0.2, 0.25) is 0 Å². The second-order valence-electron chi connectivity index (χ2n) is 5.12. The number of hydrogen-bond acceptors (Lipinski definition) is 6. The normalized spacial score (nSPS) is 19.0. The summed E-state index contributed by atoms with van der Waals surface area (Å²) in [6.45, 7) is -3.76. The molecule has 1 aliphatic heterocycles. The van der Waals surface area contributed by atoms with Crippen LogP contribution in [0.5, 0.6) is 5.75 Å². The summed E-state index contributed by atoms with van der Waals surface area (Å²) in [7, 11) is -3.14. The van der Waals surface area contributed by atoms with Gasteiger partial charge in [-0.2, -0.15) is 8.78 Å². The number of hydrogen-bond donors (Lipinski definition) is 1. The fourth-order valence-corrected chi connectivity index (χ4v) is 3.89. The van der Waals surface area contributed by atoms with Crippen LogP contribution >= 0.6 is 0 Å². The van der Waals surface area contributed by atoms with Crippen molar-refractivity contribution < 1.29 is 36.3 Å². The molecule has 0 spiro atoms.